The van der Waals surface area contributed by atoms with E-state index in [4.69, 9.17) is 16.3 Å². The highest BCUT2D eigenvalue weighted by Crippen LogP contribution is 2.29. The SMILES string of the molecule is OC(c1ccc(Cl)nc1)C1CCOCC1. The fraction of sp³-hybridized carbons (Fsp3) is 0.545. The Kier molecular flexibility index (Phi) is 3.57. The number of aliphatic hydroxyl groups excluding tert-OH is 1. The van der Waals surface area contributed by atoms with Gasteiger partial charge in [0.05, 0.1) is 6.10 Å². The Morgan fingerprint density at radius 1 is 1.40 bits per heavy atom. The van der Waals surface area contributed by atoms with Gasteiger partial charge in [-0.2, -0.15) is 0 Å². The molecule has 1 atom stereocenters. The molecule has 0 radical (unpaired) electrons. The number of ether oxygens (including phenoxy) is 1. The maximum absolute atomic E-state index is 10.1. The van der Waals surface area contributed by atoms with Crippen molar-refractivity contribution >= 4 is 11.6 Å². The fourth-order valence-corrected chi connectivity index (χ4v) is 1.98. The predicted molar refractivity (Wildman–Crippen MR) is 57.7 cm³/mol. The molecule has 1 unspecified atom stereocenters. The van der Waals surface area contributed by atoms with Gasteiger partial charge in [-0.1, -0.05) is 17.7 Å². The van der Waals surface area contributed by atoms with Crippen molar-refractivity contribution < 1.29 is 9.84 Å². The van der Waals surface area contributed by atoms with Crippen LogP contribution in [0.2, 0.25) is 5.15 Å². The summed E-state index contributed by atoms with van der Waals surface area (Å²) in [7, 11) is 0. The molecule has 0 aliphatic carbocycles. The molecule has 2 heterocycles. The summed E-state index contributed by atoms with van der Waals surface area (Å²) in [6.07, 6.45) is 3.01. The molecule has 2 rings (SSSR count). The monoisotopic (exact) mass is 227 g/mol. The fourth-order valence-electron chi connectivity index (χ4n) is 1.87. The number of pyridine rings is 1. The Bertz CT molecular complexity index is 309. The second-order valence-electron chi connectivity index (χ2n) is 3.81. The van der Waals surface area contributed by atoms with Crippen LogP contribution in [0.1, 0.15) is 24.5 Å². The van der Waals surface area contributed by atoms with Gasteiger partial charge in [-0.05, 0) is 30.4 Å². The van der Waals surface area contributed by atoms with Gasteiger partial charge in [0.1, 0.15) is 5.15 Å². The molecular formula is C11H14ClNO2. The molecular weight excluding hydrogens is 214 g/mol. The largest absolute Gasteiger partial charge is 0.388 e. The number of hydrogen-bond donors (Lipinski definition) is 1. The Hall–Kier alpha value is -0.640. The zero-order valence-electron chi connectivity index (χ0n) is 8.40. The lowest BCUT2D eigenvalue weighted by molar-refractivity contribution is 0.00706. The molecule has 1 aliphatic rings. The summed E-state index contributed by atoms with van der Waals surface area (Å²) in [5, 5.41) is 10.6. The highest BCUT2D eigenvalue weighted by molar-refractivity contribution is 6.29. The number of aliphatic hydroxyl groups is 1. The second-order valence-corrected chi connectivity index (χ2v) is 4.20. The lowest BCUT2D eigenvalue weighted by Crippen LogP contribution is -2.22. The summed E-state index contributed by atoms with van der Waals surface area (Å²) < 4.78 is 5.26. The van der Waals surface area contributed by atoms with Gasteiger partial charge < -0.3 is 9.84 Å². The third kappa shape index (κ3) is 2.68. The number of hydrogen-bond acceptors (Lipinski definition) is 3. The molecule has 0 aromatic carbocycles. The summed E-state index contributed by atoms with van der Waals surface area (Å²) in [4.78, 5) is 3.97. The lowest BCUT2D eigenvalue weighted by atomic mass is 9.90. The minimum absolute atomic E-state index is 0.279. The average molecular weight is 228 g/mol. The number of nitrogens with zero attached hydrogens (tertiary/aromatic N) is 1. The molecule has 0 amide bonds. The molecule has 1 fully saturated rings. The van der Waals surface area contributed by atoms with Crippen LogP contribution in [0.5, 0.6) is 0 Å². The third-order valence-electron chi connectivity index (χ3n) is 2.80. The molecule has 0 saturated carbocycles. The van der Waals surface area contributed by atoms with Crippen LogP contribution in [0.4, 0.5) is 0 Å². The van der Waals surface area contributed by atoms with Gasteiger partial charge >= 0.3 is 0 Å². The predicted octanol–water partition coefficient (Wildman–Crippen LogP) is 2.20. The van der Waals surface area contributed by atoms with Crippen LogP contribution in [0.25, 0.3) is 0 Å². The van der Waals surface area contributed by atoms with Crippen LogP contribution >= 0.6 is 11.6 Å². The Labute approximate surface area is 94.0 Å². The summed E-state index contributed by atoms with van der Waals surface area (Å²) in [6.45, 7) is 1.48. The van der Waals surface area contributed by atoms with Crippen molar-refractivity contribution in [3.05, 3.63) is 29.0 Å². The van der Waals surface area contributed by atoms with Gasteiger partial charge in [-0.25, -0.2) is 4.98 Å². The average Bonchev–Trinajstić information content (AvgIpc) is 2.30. The molecule has 3 nitrogen and oxygen atoms in total. The quantitative estimate of drug-likeness (QED) is 0.788. The first-order valence-electron chi connectivity index (χ1n) is 5.14. The number of halogens is 1. The van der Waals surface area contributed by atoms with Crippen molar-refractivity contribution in [3.63, 3.8) is 0 Å². The van der Waals surface area contributed by atoms with Crippen LogP contribution in [0.3, 0.4) is 0 Å². The first-order chi connectivity index (χ1) is 7.27. The van der Waals surface area contributed by atoms with Crippen LogP contribution in [0, 0.1) is 5.92 Å². The van der Waals surface area contributed by atoms with Crippen molar-refractivity contribution in [2.24, 2.45) is 5.92 Å². The highest BCUT2D eigenvalue weighted by Gasteiger charge is 2.23. The van der Waals surface area contributed by atoms with Gasteiger partial charge in [0, 0.05) is 19.4 Å². The van der Waals surface area contributed by atoms with E-state index in [9.17, 15) is 5.11 Å². The first-order valence-corrected chi connectivity index (χ1v) is 5.52. The van der Waals surface area contributed by atoms with Crippen LogP contribution in [0.15, 0.2) is 18.3 Å². The third-order valence-corrected chi connectivity index (χ3v) is 3.03. The summed E-state index contributed by atoms with van der Waals surface area (Å²) >= 11 is 5.69. The number of rotatable bonds is 2. The first kappa shape index (κ1) is 10.9. The maximum Gasteiger partial charge on any atom is 0.129 e. The summed E-state index contributed by atoms with van der Waals surface area (Å²) in [6, 6.07) is 3.54. The van der Waals surface area contributed by atoms with E-state index < -0.39 is 6.10 Å². The topological polar surface area (TPSA) is 42.4 Å². The molecule has 1 aliphatic heterocycles. The molecule has 0 bridgehead atoms. The molecule has 15 heavy (non-hydrogen) atoms. The number of aromatic nitrogens is 1. The van der Waals surface area contributed by atoms with E-state index in [0.717, 1.165) is 31.6 Å². The van der Waals surface area contributed by atoms with E-state index in [2.05, 4.69) is 4.98 Å². The van der Waals surface area contributed by atoms with Gasteiger partial charge in [-0.15, -0.1) is 0 Å². The normalized spacial score (nSPS) is 20.1. The minimum atomic E-state index is -0.446. The van der Waals surface area contributed by atoms with Gasteiger partial charge in [0.25, 0.3) is 0 Å². The van der Waals surface area contributed by atoms with E-state index in [0.29, 0.717) is 5.15 Å². The summed E-state index contributed by atoms with van der Waals surface area (Å²) in [5.74, 6) is 0.279. The van der Waals surface area contributed by atoms with Gasteiger partial charge in [-0.3, -0.25) is 0 Å². The second kappa shape index (κ2) is 4.92. The van der Waals surface area contributed by atoms with Crippen molar-refractivity contribution in [1.82, 2.24) is 4.98 Å². The maximum atomic E-state index is 10.1. The van der Waals surface area contributed by atoms with E-state index in [-0.39, 0.29) is 5.92 Å². The smallest absolute Gasteiger partial charge is 0.129 e. The van der Waals surface area contributed by atoms with Crippen molar-refractivity contribution in [3.8, 4) is 0 Å². The molecule has 1 aromatic heterocycles. The molecule has 1 N–H and O–H groups in total. The van der Waals surface area contributed by atoms with Crippen molar-refractivity contribution in [1.29, 1.82) is 0 Å². The zero-order valence-corrected chi connectivity index (χ0v) is 9.15. The molecule has 0 spiro atoms. The van der Waals surface area contributed by atoms with Crippen LogP contribution < -0.4 is 0 Å². The van der Waals surface area contributed by atoms with Crippen LogP contribution in [-0.2, 0) is 4.74 Å². The Morgan fingerprint density at radius 2 is 2.13 bits per heavy atom. The van der Waals surface area contributed by atoms with E-state index in [1.807, 2.05) is 6.07 Å². The van der Waals surface area contributed by atoms with E-state index >= 15 is 0 Å². The molecule has 4 heteroatoms. The highest BCUT2D eigenvalue weighted by atomic mass is 35.5. The Balaban J connectivity index is 2.05. The lowest BCUT2D eigenvalue weighted by Gasteiger charge is -2.26. The van der Waals surface area contributed by atoms with Gasteiger partial charge in [0.15, 0.2) is 0 Å². The van der Waals surface area contributed by atoms with Crippen LogP contribution in [-0.4, -0.2) is 23.3 Å². The molecule has 82 valence electrons. The Morgan fingerprint density at radius 3 is 2.73 bits per heavy atom. The van der Waals surface area contributed by atoms with E-state index in [1.165, 1.54) is 0 Å². The standard InChI is InChI=1S/C11H14ClNO2/c12-10-2-1-9(7-13-10)11(14)8-3-5-15-6-4-8/h1-2,7-8,11,14H,3-6H2. The van der Waals surface area contributed by atoms with Crippen molar-refractivity contribution in [2.45, 2.75) is 18.9 Å². The van der Waals surface area contributed by atoms with Crippen molar-refractivity contribution in [2.75, 3.05) is 13.2 Å². The van der Waals surface area contributed by atoms with E-state index in [1.54, 1.807) is 12.3 Å². The zero-order chi connectivity index (χ0) is 10.7. The minimum Gasteiger partial charge on any atom is -0.388 e. The van der Waals surface area contributed by atoms with Gasteiger partial charge in [0.2, 0.25) is 0 Å². The molecule has 1 aromatic rings. The summed E-state index contributed by atoms with van der Waals surface area (Å²) in [5.41, 5.74) is 0.839. The molecule has 1 saturated heterocycles.